The Kier molecular flexibility index (Phi) is 5.95. The van der Waals surface area contributed by atoms with Crippen LogP contribution in [0.2, 0.25) is 0 Å². The molecule has 4 nitrogen and oxygen atoms in total. The molecule has 1 aliphatic heterocycles. The van der Waals surface area contributed by atoms with Crippen molar-refractivity contribution >= 4 is 23.0 Å². The summed E-state index contributed by atoms with van der Waals surface area (Å²) in [5.41, 5.74) is 6.35. The van der Waals surface area contributed by atoms with E-state index < -0.39 is 0 Å². The molecule has 2 aromatic carbocycles. The maximum atomic E-state index is 5.32. The van der Waals surface area contributed by atoms with Crippen molar-refractivity contribution in [1.82, 2.24) is 5.32 Å². The van der Waals surface area contributed by atoms with Crippen LogP contribution in [0, 0.1) is 0 Å². The van der Waals surface area contributed by atoms with E-state index in [-0.39, 0.29) is 6.04 Å². The summed E-state index contributed by atoms with van der Waals surface area (Å²) in [5.74, 6) is 1.75. The summed E-state index contributed by atoms with van der Waals surface area (Å²) in [7, 11) is 3.39. The van der Waals surface area contributed by atoms with Gasteiger partial charge in [0.25, 0.3) is 0 Å². The minimum Gasteiger partial charge on any atom is -0.497 e. The zero-order valence-corrected chi connectivity index (χ0v) is 17.9. The summed E-state index contributed by atoms with van der Waals surface area (Å²) >= 11 is 1.66. The lowest BCUT2D eigenvalue weighted by Crippen LogP contribution is -2.30. The first-order valence-corrected chi connectivity index (χ1v) is 11.0. The van der Waals surface area contributed by atoms with Crippen molar-refractivity contribution < 1.29 is 9.47 Å². The molecule has 0 bridgehead atoms. The highest BCUT2D eigenvalue weighted by atomic mass is 32.2. The van der Waals surface area contributed by atoms with Crippen molar-refractivity contribution in [2.75, 3.05) is 20.5 Å². The molecular weight excluding hydrogens is 380 g/mol. The summed E-state index contributed by atoms with van der Waals surface area (Å²) < 4.78 is 10.6. The van der Waals surface area contributed by atoms with Crippen molar-refractivity contribution in [2.24, 2.45) is 4.99 Å². The molecule has 0 radical (unpaired) electrons. The molecule has 5 heteroatoms. The maximum absolute atomic E-state index is 5.32. The Balaban J connectivity index is 1.72. The van der Waals surface area contributed by atoms with E-state index in [0.29, 0.717) is 0 Å². The molecule has 0 saturated heterocycles. The Hall–Kier alpha value is -2.66. The monoisotopic (exact) mass is 406 g/mol. The molecule has 0 saturated carbocycles. The van der Waals surface area contributed by atoms with Crippen molar-refractivity contribution in [3.8, 4) is 11.5 Å². The fourth-order valence-corrected chi connectivity index (χ4v) is 4.32. The van der Waals surface area contributed by atoms with Gasteiger partial charge in [-0.2, -0.15) is 0 Å². The van der Waals surface area contributed by atoms with Gasteiger partial charge in [0.2, 0.25) is 0 Å². The van der Waals surface area contributed by atoms with Gasteiger partial charge in [-0.3, -0.25) is 0 Å². The topological polar surface area (TPSA) is 42.8 Å². The minimum atomic E-state index is 0.0548. The van der Waals surface area contributed by atoms with Gasteiger partial charge in [0.05, 0.1) is 14.2 Å². The predicted molar refractivity (Wildman–Crippen MR) is 122 cm³/mol. The number of methoxy groups -OCH3 is 2. The molecule has 4 rings (SSSR count). The van der Waals surface area contributed by atoms with Crippen molar-refractivity contribution in [3.05, 3.63) is 76.5 Å². The molecule has 0 unspecified atom stereocenters. The summed E-state index contributed by atoms with van der Waals surface area (Å²) in [4.78, 5) is 5.00. The van der Waals surface area contributed by atoms with E-state index in [9.17, 15) is 0 Å². The van der Waals surface area contributed by atoms with Crippen molar-refractivity contribution in [3.63, 3.8) is 0 Å². The largest absolute Gasteiger partial charge is 0.497 e. The fourth-order valence-electron chi connectivity index (χ4n) is 3.91. The number of benzene rings is 2. The van der Waals surface area contributed by atoms with Gasteiger partial charge in [-0.25, -0.2) is 4.99 Å². The molecule has 29 heavy (non-hydrogen) atoms. The molecule has 150 valence electrons. The predicted octanol–water partition coefficient (Wildman–Crippen LogP) is 5.59. The molecule has 2 aliphatic rings. The molecule has 1 atom stereocenters. The number of hydrogen-bond acceptors (Lipinski definition) is 5. The zero-order valence-electron chi connectivity index (χ0n) is 17.1. The van der Waals surface area contributed by atoms with Gasteiger partial charge in [0, 0.05) is 5.70 Å². The summed E-state index contributed by atoms with van der Waals surface area (Å²) in [6.07, 6.45) is 7.62. The number of aliphatic imine (C=N–C) groups is 1. The van der Waals surface area contributed by atoms with Crippen LogP contribution >= 0.6 is 11.8 Å². The Bertz CT molecular complexity index is 959. The molecule has 0 spiro atoms. The Morgan fingerprint density at radius 1 is 0.966 bits per heavy atom. The molecule has 2 aromatic rings. The van der Waals surface area contributed by atoms with Gasteiger partial charge in [0.15, 0.2) is 5.17 Å². The van der Waals surface area contributed by atoms with E-state index in [1.54, 1.807) is 26.0 Å². The van der Waals surface area contributed by atoms with E-state index in [4.69, 9.17) is 14.5 Å². The van der Waals surface area contributed by atoms with E-state index >= 15 is 0 Å². The lowest BCUT2D eigenvalue weighted by Gasteiger charge is -2.32. The van der Waals surface area contributed by atoms with Crippen molar-refractivity contribution in [1.29, 1.82) is 0 Å². The number of ether oxygens (including phenoxy) is 2. The smallest absolute Gasteiger partial charge is 0.161 e. The number of hydrogen-bond donors (Lipinski definition) is 1. The molecule has 0 aromatic heterocycles. The van der Waals surface area contributed by atoms with Gasteiger partial charge in [-0.05, 0) is 78.1 Å². The van der Waals surface area contributed by atoms with Gasteiger partial charge >= 0.3 is 0 Å². The first kappa shape index (κ1) is 19.6. The van der Waals surface area contributed by atoms with Gasteiger partial charge in [0.1, 0.15) is 17.5 Å². The van der Waals surface area contributed by atoms with Gasteiger partial charge < -0.3 is 14.8 Å². The lowest BCUT2D eigenvalue weighted by molar-refractivity contribution is 0.414. The van der Waals surface area contributed by atoms with Crippen molar-refractivity contribution in [2.45, 2.75) is 25.3 Å². The Morgan fingerprint density at radius 3 is 2.24 bits per heavy atom. The number of thioether (sulfide) groups is 1. The van der Waals surface area contributed by atoms with Crippen LogP contribution in [0.3, 0.4) is 0 Å². The number of nitrogens with one attached hydrogen (secondary N) is 1. The SMILES string of the molecule is COc1ccc(/C=C2\CCCC3=C2NC(SC)=N[C@H]3c2ccc(OC)cc2)cc1. The van der Waals surface area contributed by atoms with Crippen LogP contribution in [0.25, 0.3) is 6.08 Å². The number of nitrogens with zero attached hydrogens (tertiary/aromatic N) is 1. The first-order chi connectivity index (χ1) is 14.2. The van der Waals surface area contributed by atoms with E-state index in [2.05, 4.69) is 41.9 Å². The van der Waals surface area contributed by atoms with E-state index in [1.807, 2.05) is 24.3 Å². The molecular formula is C24H26N2O2S. The van der Waals surface area contributed by atoms with Crippen LogP contribution in [-0.2, 0) is 0 Å². The third kappa shape index (κ3) is 4.20. The zero-order chi connectivity index (χ0) is 20.2. The highest BCUT2D eigenvalue weighted by Gasteiger charge is 2.29. The third-order valence-corrected chi connectivity index (χ3v) is 6.02. The summed E-state index contributed by atoms with van der Waals surface area (Å²) in [6.45, 7) is 0. The summed E-state index contributed by atoms with van der Waals surface area (Å²) in [5, 5.41) is 4.56. The van der Waals surface area contributed by atoms with Crippen LogP contribution in [0.4, 0.5) is 0 Å². The quantitative estimate of drug-likeness (QED) is 0.719. The highest BCUT2D eigenvalue weighted by molar-refractivity contribution is 8.13. The maximum Gasteiger partial charge on any atom is 0.161 e. The minimum absolute atomic E-state index is 0.0548. The molecule has 1 aliphatic carbocycles. The number of allylic oxidation sites excluding steroid dienone is 1. The highest BCUT2D eigenvalue weighted by Crippen LogP contribution is 2.41. The summed E-state index contributed by atoms with van der Waals surface area (Å²) in [6, 6.07) is 16.6. The molecule has 0 amide bonds. The van der Waals surface area contributed by atoms with Gasteiger partial charge in [-0.15, -0.1) is 0 Å². The number of rotatable bonds is 4. The van der Waals surface area contributed by atoms with Gasteiger partial charge in [-0.1, -0.05) is 36.0 Å². The Morgan fingerprint density at radius 2 is 1.62 bits per heavy atom. The second-order valence-electron chi connectivity index (χ2n) is 7.14. The normalized spacial score (nSPS) is 20.0. The van der Waals surface area contributed by atoms with E-state index in [0.717, 1.165) is 35.9 Å². The lowest BCUT2D eigenvalue weighted by atomic mass is 9.84. The second-order valence-corrected chi connectivity index (χ2v) is 7.93. The van der Waals surface area contributed by atoms with Crippen LogP contribution < -0.4 is 14.8 Å². The molecule has 0 fully saturated rings. The Labute approximate surface area is 176 Å². The van der Waals surface area contributed by atoms with E-state index in [1.165, 1.54) is 28.0 Å². The van der Waals surface area contributed by atoms with Crippen LogP contribution in [0.15, 0.2) is 70.4 Å². The van der Waals surface area contributed by atoms with Crippen LogP contribution in [0.5, 0.6) is 11.5 Å². The first-order valence-electron chi connectivity index (χ1n) is 9.82. The molecule has 1 N–H and O–H groups in total. The van der Waals surface area contributed by atoms with Crippen LogP contribution in [0.1, 0.15) is 36.4 Å². The fraction of sp³-hybridized carbons (Fsp3) is 0.292. The average Bonchev–Trinajstić information content (AvgIpc) is 2.79. The number of amidine groups is 1. The standard InChI is InChI=1S/C24H26N2O2S/c1-27-19-11-7-16(8-12-19)15-18-5-4-6-21-22(25-24(29-3)26-23(18)21)17-9-13-20(28-2)14-10-17/h7-15,22H,4-6H2,1-3H3,(H,25,26)/b18-15+/t22-/m0/s1. The van der Waals surface area contributed by atoms with Crippen LogP contribution in [-0.4, -0.2) is 25.6 Å². The third-order valence-electron chi connectivity index (χ3n) is 5.42. The second kappa shape index (κ2) is 8.78. The molecule has 1 heterocycles. The average molecular weight is 407 g/mol.